The van der Waals surface area contributed by atoms with Crippen molar-refractivity contribution in [1.29, 1.82) is 0 Å². The number of nitrogens with one attached hydrogen (secondary N) is 1. The Labute approximate surface area is 143 Å². The quantitative estimate of drug-likeness (QED) is 0.793. The Hall–Kier alpha value is -0.370. The molecule has 4 saturated carbocycles. The molecule has 4 rings (SSSR count). The van der Waals surface area contributed by atoms with Crippen molar-refractivity contribution < 1.29 is 4.79 Å². The molecule has 4 aliphatic carbocycles. The van der Waals surface area contributed by atoms with Crippen molar-refractivity contribution in [3.05, 3.63) is 0 Å². The summed E-state index contributed by atoms with van der Waals surface area (Å²) in [6.07, 6.45) is 9.66. The van der Waals surface area contributed by atoms with E-state index in [4.69, 9.17) is 0 Å². The van der Waals surface area contributed by atoms with Gasteiger partial charge in [-0.2, -0.15) is 0 Å². The molecule has 0 radical (unpaired) electrons. The van der Waals surface area contributed by atoms with Crippen LogP contribution in [0, 0.1) is 28.6 Å². The van der Waals surface area contributed by atoms with Gasteiger partial charge in [0.05, 0.1) is 6.04 Å². The molecule has 4 fully saturated rings. The van der Waals surface area contributed by atoms with Gasteiger partial charge in [0.25, 0.3) is 0 Å². The van der Waals surface area contributed by atoms with Crippen LogP contribution in [-0.4, -0.2) is 17.4 Å². The van der Waals surface area contributed by atoms with Gasteiger partial charge >= 0.3 is 0 Å². The summed E-state index contributed by atoms with van der Waals surface area (Å²) in [4.78, 5) is 13.1. The summed E-state index contributed by atoms with van der Waals surface area (Å²) in [6, 6.07) is 0.0197. The molecule has 0 saturated heterocycles. The molecule has 2 heteroatoms. The first kappa shape index (κ1) is 17.5. The first-order chi connectivity index (χ1) is 10.5. The maximum atomic E-state index is 13.1. The third-order valence-corrected chi connectivity index (χ3v) is 6.47. The normalized spacial score (nSPS) is 37.9. The zero-order chi connectivity index (χ0) is 17.0. The van der Waals surface area contributed by atoms with Crippen molar-refractivity contribution >= 4 is 5.78 Å². The summed E-state index contributed by atoms with van der Waals surface area (Å²) < 4.78 is 0. The van der Waals surface area contributed by atoms with Crippen molar-refractivity contribution in [3.8, 4) is 0 Å². The maximum Gasteiger partial charge on any atom is 0.155 e. The minimum absolute atomic E-state index is 0.00608. The van der Waals surface area contributed by atoms with Gasteiger partial charge in [-0.15, -0.1) is 0 Å². The summed E-state index contributed by atoms with van der Waals surface area (Å²) in [5.74, 6) is 3.28. The number of hydrogen-bond acceptors (Lipinski definition) is 2. The largest absolute Gasteiger partial charge is 0.303 e. The Bertz CT molecular complexity index is 430. The first-order valence-electron chi connectivity index (χ1n) is 9.78. The molecule has 0 amide bonds. The number of Topliss-reactive ketones (excluding diaryl/α,β-unsaturated/α-hetero) is 1. The Morgan fingerprint density at radius 2 is 1.39 bits per heavy atom. The minimum Gasteiger partial charge on any atom is -0.303 e. The van der Waals surface area contributed by atoms with Crippen molar-refractivity contribution in [3.63, 3.8) is 0 Å². The van der Waals surface area contributed by atoms with E-state index in [0.29, 0.717) is 11.2 Å². The van der Waals surface area contributed by atoms with Gasteiger partial charge in [0.15, 0.2) is 5.78 Å². The van der Waals surface area contributed by atoms with Crippen molar-refractivity contribution in [2.75, 3.05) is 0 Å². The molecule has 4 bridgehead atoms. The third-order valence-electron chi connectivity index (χ3n) is 6.47. The van der Waals surface area contributed by atoms with Gasteiger partial charge in [-0.25, -0.2) is 0 Å². The van der Waals surface area contributed by atoms with Crippen LogP contribution in [-0.2, 0) is 4.79 Å². The maximum absolute atomic E-state index is 13.1. The number of carbonyl (C=O) groups excluding carboxylic acids is 1. The summed E-state index contributed by atoms with van der Waals surface area (Å²) >= 11 is 0. The molecule has 0 aromatic rings. The molecule has 0 aromatic carbocycles. The van der Waals surface area contributed by atoms with Gasteiger partial charge in [-0.1, -0.05) is 20.8 Å². The van der Waals surface area contributed by atoms with Crippen LogP contribution < -0.4 is 5.32 Å². The highest BCUT2D eigenvalue weighted by Gasteiger charge is 2.52. The van der Waals surface area contributed by atoms with Crippen LogP contribution in [0.4, 0.5) is 0 Å². The Kier molecular flexibility index (Phi) is 4.23. The van der Waals surface area contributed by atoms with E-state index >= 15 is 0 Å². The molecule has 1 N–H and O–H groups in total. The van der Waals surface area contributed by atoms with E-state index in [9.17, 15) is 4.79 Å². The highest BCUT2D eigenvalue weighted by Crippen LogP contribution is 2.61. The van der Waals surface area contributed by atoms with E-state index in [-0.39, 0.29) is 17.0 Å². The molecule has 1 atom stereocenters. The van der Waals surface area contributed by atoms with E-state index < -0.39 is 0 Å². The molecule has 4 aliphatic rings. The van der Waals surface area contributed by atoms with Gasteiger partial charge in [-0.3, -0.25) is 4.79 Å². The van der Waals surface area contributed by atoms with Gasteiger partial charge in [0.2, 0.25) is 0 Å². The van der Waals surface area contributed by atoms with Gasteiger partial charge in [0.1, 0.15) is 0 Å². The van der Waals surface area contributed by atoms with Crippen LogP contribution in [0.2, 0.25) is 0 Å². The first-order valence-corrected chi connectivity index (χ1v) is 9.78. The molecule has 0 aliphatic heterocycles. The summed E-state index contributed by atoms with van der Waals surface area (Å²) in [5.41, 5.74) is 0.192. The van der Waals surface area contributed by atoms with Crippen LogP contribution in [0.3, 0.4) is 0 Å². The fraction of sp³-hybridized carbons (Fsp3) is 0.952. The van der Waals surface area contributed by atoms with Crippen LogP contribution in [0.1, 0.15) is 86.5 Å². The molecule has 0 unspecified atom stereocenters. The smallest absolute Gasteiger partial charge is 0.155 e. The van der Waals surface area contributed by atoms with E-state index in [1.54, 1.807) is 0 Å². The topological polar surface area (TPSA) is 29.1 Å². The van der Waals surface area contributed by atoms with Crippen molar-refractivity contribution in [2.24, 2.45) is 28.6 Å². The van der Waals surface area contributed by atoms with Crippen LogP contribution >= 0.6 is 0 Å². The average Bonchev–Trinajstić information content (AvgIpc) is 2.32. The predicted molar refractivity (Wildman–Crippen MR) is 96.4 cm³/mol. The zero-order valence-electron chi connectivity index (χ0n) is 16.2. The average molecular weight is 320 g/mol. The summed E-state index contributed by atoms with van der Waals surface area (Å²) in [5, 5.41) is 3.69. The Morgan fingerprint density at radius 1 is 0.957 bits per heavy atom. The number of hydrogen-bond donors (Lipinski definition) is 1. The summed E-state index contributed by atoms with van der Waals surface area (Å²) in [6.45, 7) is 12.8. The van der Waals surface area contributed by atoms with Crippen LogP contribution in [0.5, 0.6) is 0 Å². The minimum atomic E-state index is -0.259. The molecular weight excluding hydrogens is 282 g/mol. The fourth-order valence-electron chi connectivity index (χ4n) is 6.23. The Morgan fingerprint density at radius 3 is 1.74 bits per heavy atom. The molecule has 23 heavy (non-hydrogen) atoms. The van der Waals surface area contributed by atoms with Gasteiger partial charge in [-0.05, 0) is 88.9 Å². The lowest BCUT2D eigenvalue weighted by Gasteiger charge is -2.58. The predicted octanol–water partition coefficient (Wildman–Crippen LogP) is 4.96. The molecular formula is C21H37NO. The number of ketones is 1. The second-order valence-corrected chi connectivity index (χ2v) is 11.2. The van der Waals surface area contributed by atoms with E-state index in [1.165, 1.54) is 38.5 Å². The summed E-state index contributed by atoms with van der Waals surface area (Å²) in [7, 11) is 0. The lowest BCUT2D eigenvalue weighted by molar-refractivity contribution is -0.132. The fourth-order valence-corrected chi connectivity index (χ4v) is 6.23. The second kappa shape index (κ2) is 5.58. The van der Waals surface area contributed by atoms with Gasteiger partial charge in [0, 0.05) is 11.0 Å². The second-order valence-electron chi connectivity index (χ2n) is 11.2. The number of rotatable bonds is 4. The van der Waals surface area contributed by atoms with E-state index in [0.717, 1.165) is 24.2 Å². The standard InChI is InChI=1S/C21H37NO/c1-19(2,3)18(23)17(22-20(4,5)6)13-21-10-14-7-15(11-21)9-16(8-14)12-21/h14-17,22H,7-13H2,1-6H3/t14?,15?,16?,17-,21?/m1/s1. The Balaban J connectivity index is 1.79. The molecule has 132 valence electrons. The van der Waals surface area contributed by atoms with E-state index in [1.807, 2.05) is 0 Å². The van der Waals surface area contributed by atoms with Crippen molar-refractivity contribution in [2.45, 2.75) is 98.1 Å². The van der Waals surface area contributed by atoms with E-state index in [2.05, 4.69) is 46.9 Å². The monoisotopic (exact) mass is 319 g/mol. The van der Waals surface area contributed by atoms with Crippen LogP contribution in [0.25, 0.3) is 0 Å². The molecule has 0 heterocycles. The molecule has 0 spiro atoms. The third kappa shape index (κ3) is 3.83. The van der Waals surface area contributed by atoms with Gasteiger partial charge < -0.3 is 5.32 Å². The SMILES string of the molecule is CC(C)(C)N[C@H](CC12CC3CC(CC(C3)C1)C2)C(=O)C(C)(C)C. The van der Waals surface area contributed by atoms with Crippen LogP contribution in [0.15, 0.2) is 0 Å². The lowest BCUT2D eigenvalue weighted by atomic mass is 9.48. The zero-order valence-corrected chi connectivity index (χ0v) is 16.2. The van der Waals surface area contributed by atoms with Crippen molar-refractivity contribution in [1.82, 2.24) is 5.32 Å². The highest BCUT2D eigenvalue weighted by atomic mass is 16.1. The number of carbonyl (C=O) groups is 1. The molecule has 0 aromatic heterocycles. The highest BCUT2D eigenvalue weighted by molar-refractivity contribution is 5.88. The molecule has 2 nitrogen and oxygen atoms in total. The lowest BCUT2D eigenvalue weighted by Crippen LogP contribution is -2.55.